The number of anilines is 1. The summed E-state index contributed by atoms with van der Waals surface area (Å²) in [7, 11) is -3.60. The van der Waals surface area contributed by atoms with Gasteiger partial charge in [0.2, 0.25) is 10.0 Å². The number of hydrogen-bond donors (Lipinski definition) is 3. The average Bonchev–Trinajstić information content (AvgIpc) is 3.36. The number of carbonyl (C=O) groups is 3. The Bertz CT molecular complexity index is 1440. The second-order valence-corrected chi connectivity index (χ2v) is 12.0. The first-order chi connectivity index (χ1) is 18.0. The number of benzene rings is 2. The van der Waals surface area contributed by atoms with Gasteiger partial charge in [0.15, 0.2) is 0 Å². The number of nitrogens with one attached hydrogen (secondary N) is 2. The first kappa shape index (κ1) is 25.9. The Morgan fingerprint density at radius 2 is 1.74 bits per heavy atom. The van der Waals surface area contributed by atoms with E-state index in [1.165, 1.54) is 16.4 Å². The number of carbonyl (C=O) groups excluding carboxylic acids is 3. The van der Waals surface area contributed by atoms with Gasteiger partial charge in [-0.2, -0.15) is 0 Å². The highest BCUT2D eigenvalue weighted by molar-refractivity contribution is 7.89. The maximum atomic E-state index is 13.2. The number of piperidine rings is 1. The van der Waals surface area contributed by atoms with Gasteiger partial charge in [-0.05, 0) is 74.1 Å². The van der Waals surface area contributed by atoms with Crippen molar-refractivity contribution in [2.75, 3.05) is 30.3 Å². The van der Waals surface area contributed by atoms with Crippen molar-refractivity contribution >= 4 is 39.4 Å². The van der Waals surface area contributed by atoms with Gasteiger partial charge in [0, 0.05) is 18.7 Å². The number of imide groups is 1. The summed E-state index contributed by atoms with van der Waals surface area (Å²) < 4.78 is 27.8. The predicted molar refractivity (Wildman–Crippen MR) is 141 cm³/mol. The molecule has 0 aliphatic carbocycles. The normalized spacial score (nSPS) is 19.6. The van der Waals surface area contributed by atoms with Crippen molar-refractivity contribution in [2.45, 2.75) is 38.6 Å². The number of hydrogen-bond acceptors (Lipinski definition) is 7. The second-order valence-electron chi connectivity index (χ2n) is 9.91. The number of rotatable bonds is 6. The molecule has 12 heteroatoms. The SMILES string of the molecule is Cc1cc(N2C(=O)CNC2=O)cc(C)c1CCS(=O)(=O)N1CCC2(CC1)N=C(c1cccc(O)c1)NC2=O. The molecule has 0 radical (unpaired) electrons. The van der Waals surface area contributed by atoms with E-state index in [9.17, 15) is 27.9 Å². The highest BCUT2D eigenvalue weighted by Crippen LogP contribution is 2.33. The van der Waals surface area contributed by atoms with Gasteiger partial charge in [0.05, 0.1) is 18.0 Å². The van der Waals surface area contributed by atoms with Crippen LogP contribution in [0.4, 0.5) is 10.5 Å². The molecule has 0 aromatic heterocycles. The molecule has 0 saturated carbocycles. The lowest BCUT2D eigenvalue weighted by Gasteiger charge is -2.34. The van der Waals surface area contributed by atoms with Crippen LogP contribution < -0.4 is 15.5 Å². The van der Waals surface area contributed by atoms with Crippen molar-refractivity contribution in [3.05, 3.63) is 58.7 Å². The summed E-state index contributed by atoms with van der Waals surface area (Å²) in [4.78, 5) is 42.6. The quantitative estimate of drug-likeness (QED) is 0.472. The van der Waals surface area contributed by atoms with Crippen LogP contribution >= 0.6 is 0 Å². The molecule has 4 amide bonds. The van der Waals surface area contributed by atoms with Crippen LogP contribution in [0.2, 0.25) is 0 Å². The van der Waals surface area contributed by atoms with Gasteiger partial charge in [-0.25, -0.2) is 22.4 Å². The zero-order chi connectivity index (χ0) is 27.2. The van der Waals surface area contributed by atoms with Crippen LogP contribution in [0.25, 0.3) is 0 Å². The highest BCUT2D eigenvalue weighted by Gasteiger charge is 2.47. The molecule has 2 aromatic carbocycles. The van der Waals surface area contributed by atoms with Crippen LogP contribution in [0, 0.1) is 13.8 Å². The Hall–Kier alpha value is -3.77. The van der Waals surface area contributed by atoms with Gasteiger partial charge >= 0.3 is 6.03 Å². The molecule has 0 unspecified atom stereocenters. The summed E-state index contributed by atoms with van der Waals surface area (Å²) >= 11 is 0. The van der Waals surface area contributed by atoms with E-state index in [4.69, 9.17) is 0 Å². The van der Waals surface area contributed by atoms with Gasteiger partial charge in [-0.3, -0.25) is 14.6 Å². The van der Waals surface area contributed by atoms with Crippen molar-refractivity contribution in [2.24, 2.45) is 4.99 Å². The zero-order valence-electron chi connectivity index (χ0n) is 21.2. The number of phenolic OH excluding ortho intramolecular Hbond substituents is 1. The largest absolute Gasteiger partial charge is 0.508 e. The van der Waals surface area contributed by atoms with Gasteiger partial charge in [0.25, 0.3) is 11.8 Å². The number of phenols is 1. The first-order valence-corrected chi connectivity index (χ1v) is 14.0. The summed E-state index contributed by atoms with van der Waals surface area (Å²) in [5.74, 6) is -0.249. The highest BCUT2D eigenvalue weighted by atomic mass is 32.2. The van der Waals surface area contributed by atoms with Crippen molar-refractivity contribution in [1.82, 2.24) is 14.9 Å². The second kappa shape index (κ2) is 9.52. The number of aromatic hydroxyl groups is 1. The standard InChI is InChI=1S/C26H29N5O6S/c1-16-12-19(31-22(33)15-27-25(31)35)13-17(2)21(16)6-11-38(36,37)30-9-7-26(8-10-30)24(34)28-23(29-26)18-4-3-5-20(32)14-18/h3-5,12-14,32H,6-11,15H2,1-2H3,(H,27,35)(H,28,29,34). The van der Waals surface area contributed by atoms with Crippen LogP contribution in [-0.4, -0.2) is 72.4 Å². The molecule has 38 heavy (non-hydrogen) atoms. The van der Waals surface area contributed by atoms with E-state index in [0.717, 1.165) is 21.6 Å². The maximum Gasteiger partial charge on any atom is 0.329 e. The Labute approximate surface area is 220 Å². The zero-order valence-corrected chi connectivity index (χ0v) is 22.0. The predicted octanol–water partition coefficient (Wildman–Crippen LogP) is 1.35. The minimum absolute atomic E-state index is 0.0435. The summed E-state index contributed by atoms with van der Waals surface area (Å²) in [5.41, 5.74) is 2.50. The van der Waals surface area contributed by atoms with Crippen molar-refractivity contribution < 1.29 is 27.9 Å². The number of urea groups is 1. The van der Waals surface area contributed by atoms with Gasteiger partial charge in [-0.15, -0.1) is 0 Å². The van der Waals surface area contributed by atoms with Crippen LogP contribution in [0.1, 0.15) is 35.1 Å². The number of aliphatic imine (C=N–C) groups is 1. The molecule has 11 nitrogen and oxygen atoms in total. The van der Waals surface area contributed by atoms with Crippen LogP contribution in [-0.2, 0) is 26.0 Å². The molecule has 3 aliphatic heterocycles. The Morgan fingerprint density at radius 3 is 2.34 bits per heavy atom. The van der Waals surface area contributed by atoms with Gasteiger partial charge in [-0.1, -0.05) is 12.1 Å². The Balaban J connectivity index is 1.25. The van der Waals surface area contributed by atoms with Crippen LogP contribution in [0.15, 0.2) is 41.4 Å². The Kier molecular flexibility index (Phi) is 6.48. The summed E-state index contributed by atoms with van der Waals surface area (Å²) in [6.45, 7) is 3.98. The Morgan fingerprint density at radius 1 is 1.05 bits per heavy atom. The monoisotopic (exact) mass is 539 g/mol. The molecule has 0 atom stereocenters. The fourth-order valence-electron chi connectivity index (χ4n) is 5.32. The minimum Gasteiger partial charge on any atom is -0.508 e. The third kappa shape index (κ3) is 4.65. The van der Waals surface area contributed by atoms with E-state index in [1.807, 2.05) is 13.8 Å². The van der Waals surface area contributed by atoms with Gasteiger partial charge < -0.3 is 15.7 Å². The van der Waals surface area contributed by atoms with E-state index in [0.29, 0.717) is 17.1 Å². The molecule has 3 N–H and O–H groups in total. The molecular formula is C26H29N5O6S. The summed E-state index contributed by atoms with van der Waals surface area (Å²) in [6, 6.07) is 9.44. The molecule has 3 aliphatic rings. The lowest BCUT2D eigenvalue weighted by molar-refractivity contribution is -0.125. The first-order valence-electron chi connectivity index (χ1n) is 12.4. The molecule has 1 spiro atoms. The van der Waals surface area contributed by atoms with E-state index < -0.39 is 21.6 Å². The molecule has 2 aromatic rings. The number of sulfonamides is 1. The van der Waals surface area contributed by atoms with Crippen molar-refractivity contribution in [1.29, 1.82) is 0 Å². The smallest absolute Gasteiger partial charge is 0.329 e. The summed E-state index contributed by atoms with van der Waals surface area (Å²) in [5, 5.41) is 15.0. The molecule has 5 rings (SSSR count). The number of amides is 4. The topological polar surface area (TPSA) is 148 Å². The molecule has 200 valence electrons. The minimum atomic E-state index is -3.60. The number of amidine groups is 1. The lowest BCUT2D eigenvalue weighted by Crippen LogP contribution is -2.50. The lowest BCUT2D eigenvalue weighted by atomic mass is 9.89. The van der Waals surface area contributed by atoms with E-state index in [1.54, 1.807) is 24.3 Å². The number of nitrogens with zero attached hydrogens (tertiary/aromatic N) is 3. The fraction of sp³-hybridized carbons (Fsp3) is 0.385. The van der Waals surface area contributed by atoms with E-state index in [2.05, 4.69) is 15.6 Å². The van der Waals surface area contributed by atoms with Crippen LogP contribution in [0.3, 0.4) is 0 Å². The van der Waals surface area contributed by atoms with Crippen molar-refractivity contribution in [3.8, 4) is 5.75 Å². The fourth-order valence-corrected chi connectivity index (χ4v) is 6.78. The molecule has 2 saturated heterocycles. The third-order valence-corrected chi connectivity index (χ3v) is 9.31. The molecule has 3 heterocycles. The summed E-state index contributed by atoms with van der Waals surface area (Å²) in [6.07, 6.45) is 0.806. The van der Waals surface area contributed by atoms with Crippen LogP contribution in [0.5, 0.6) is 5.75 Å². The average molecular weight is 540 g/mol. The van der Waals surface area contributed by atoms with Gasteiger partial charge in [0.1, 0.15) is 17.1 Å². The third-order valence-electron chi connectivity index (χ3n) is 7.44. The van der Waals surface area contributed by atoms with Crippen molar-refractivity contribution in [3.63, 3.8) is 0 Å². The number of aryl methyl sites for hydroxylation is 2. The molecule has 2 fully saturated rings. The van der Waals surface area contributed by atoms with E-state index >= 15 is 0 Å². The van der Waals surface area contributed by atoms with E-state index in [-0.39, 0.29) is 62.2 Å². The molecular weight excluding hydrogens is 510 g/mol. The maximum absolute atomic E-state index is 13.2. The molecule has 0 bridgehead atoms.